The van der Waals surface area contributed by atoms with Crippen LogP contribution in [0.15, 0.2) is 0 Å². The van der Waals surface area contributed by atoms with Gasteiger partial charge in [0.05, 0.1) is 19.8 Å². The zero-order valence-electron chi connectivity index (χ0n) is 9.27. The molecule has 2 heterocycles. The molecule has 2 aliphatic heterocycles. The van der Waals surface area contributed by atoms with Crippen LogP contribution in [0.5, 0.6) is 0 Å². The molecule has 1 unspecified atom stereocenters. The Hall–Kier alpha value is -0.120. The van der Waals surface area contributed by atoms with Crippen molar-refractivity contribution in [1.29, 1.82) is 0 Å². The summed E-state index contributed by atoms with van der Waals surface area (Å²) in [5.74, 6) is 0. The lowest BCUT2D eigenvalue weighted by Crippen LogP contribution is -2.64. The molecule has 82 valence electrons. The average molecular weight is 199 g/mol. The first-order valence-electron chi connectivity index (χ1n) is 5.69. The van der Waals surface area contributed by atoms with Gasteiger partial charge in [0.2, 0.25) is 0 Å². The largest absolute Gasteiger partial charge is 0.381 e. The molecule has 0 aromatic carbocycles. The molecule has 2 rings (SSSR count). The van der Waals surface area contributed by atoms with Gasteiger partial charge in [0.15, 0.2) is 0 Å². The van der Waals surface area contributed by atoms with Crippen LogP contribution in [0.4, 0.5) is 0 Å². The highest BCUT2D eigenvalue weighted by Gasteiger charge is 2.42. The van der Waals surface area contributed by atoms with Crippen LogP contribution in [-0.4, -0.2) is 31.1 Å². The second-order valence-corrected chi connectivity index (χ2v) is 4.74. The minimum absolute atomic E-state index is 0.0821. The third kappa shape index (κ3) is 1.95. The van der Waals surface area contributed by atoms with Crippen molar-refractivity contribution in [3.05, 3.63) is 0 Å². The molecule has 3 nitrogen and oxygen atoms in total. The van der Waals surface area contributed by atoms with E-state index in [0.29, 0.717) is 0 Å². The Morgan fingerprint density at radius 3 is 2.50 bits per heavy atom. The highest BCUT2D eigenvalue weighted by molar-refractivity contribution is 4.94. The summed E-state index contributed by atoms with van der Waals surface area (Å²) in [7, 11) is 0. The summed E-state index contributed by atoms with van der Waals surface area (Å²) in [6.45, 7) is 7.08. The van der Waals surface area contributed by atoms with E-state index < -0.39 is 0 Å². The highest BCUT2D eigenvalue weighted by atomic mass is 16.5. The maximum Gasteiger partial charge on any atom is 0.124 e. The second kappa shape index (κ2) is 3.80. The standard InChI is InChI=1S/C11H21NO2/c1-3-10(2)4-9-14-11(12-10)5-7-13-8-6-11/h12H,3-9H2,1-2H3. The van der Waals surface area contributed by atoms with Gasteiger partial charge >= 0.3 is 0 Å². The monoisotopic (exact) mass is 199 g/mol. The van der Waals surface area contributed by atoms with E-state index in [1.807, 2.05) is 0 Å². The van der Waals surface area contributed by atoms with Crippen molar-refractivity contribution in [1.82, 2.24) is 5.32 Å². The fraction of sp³-hybridized carbons (Fsp3) is 1.00. The number of rotatable bonds is 1. The van der Waals surface area contributed by atoms with Crippen LogP contribution in [0, 0.1) is 0 Å². The van der Waals surface area contributed by atoms with Gasteiger partial charge in [-0.05, 0) is 19.8 Å². The fourth-order valence-electron chi connectivity index (χ4n) is 2.36. The Labute approximate surface area is 86.2 Å². The number of hydrogen-bond acceptors (Lipinski definition) is 3. The van der Waals surface area contributed by atoms with Gasteiger partial charge in [0.1, 0.15) is 5.72 Å². The Kier molecular flexibility index (Phi) is 2.82. The van der Waals surface area contributed by atoms with Crippen LogP contribution in [0.25, 0.3) is 0 Å². The minimum atomic E-state index is -0.0821. The van der Waals surface area contributed by atoms with Crippen molar-refractivity contribution in [3.63, 3.8) is 0 Å². The predicted octanol–water partition coefficient (Wildman–Crippen LogP) is 1.67. The Morgan fingerprint density at radius 2 is 1.86 bits per heavy atom. The summed E-state index contributed by atoms with van der Waals surface area (Å²) in [5.41, 5.74) is 0.177. The lowest BCUT2D eigenvalue weighted by atomic mass is 9.88. The molecule has 2 aliphatic rings. The minimum Gasteiger partial charge on any atom is -0.381 e. The third-order valence-electron chi connectivity index (χ3n) is 3.64. The Balaban J connectivity index is 2.04. The van der Waals surface area contributed by atoms with E-state index in [1.165, 1.54) is 6.42 Å². The molecule has 0 radical (unpaired) electrons. The summed E-state index contributed by atoms with van der Waals surface area (Å²) in [5, 5.41) is 3.69. The lowest BCUT2D eigenvalue weighted by Gasteiger charge is -2.49. The van der Waals surface area contributed by atoms with Crippen LogP contribution in [0.2, 0.25) is 0 Å². The summed E-state index contributed by atoms with van der Waals surface area (Å²) in [6, 6.07) is 0. The van der Waals surface area contributed by atoms with Crippen molar-refractivity contribution >= 4 is 0 Å². The van der Waals surface area contributed by atoms with Gasteiger partial charge in [-0.3, -0.25) is 5.32 Å². The van der Waals surface area contributed by atoms with Crippen LogP contribution >= 0.6 is 0 Å². The lowest BCUT2D eigenvalue weighted by molar-refractivity contribution is -0.173. The van der Waals surface area contributed by atoms with Crippen LogP contribution in [0.1, 0.15) is 39.5 Å². The Bertz CT molecular complexity index is 196. The number of ether oxygens (including phenoxy) is 2. The van der Waals surface area contributed by atoms with Crippen molar-refractivity contribution in [3.8, 4) is 0 Å². The van der Waals surface area contributed by atoms with E-state index in [-0.39, 0.29) is 11.3 Å². The van der Waals surface area contributed by atoms with E-state index >= 15 is 0 Å². The quantitative estimate of drug-likeness (QED) is 0.697. The first-order chi connectivity index (χ1) is 6.68. The highest BCUT2D eigenvalue weighted by Crippen LogP contribution is 2.32. The molecule has 0 aromatic heterocycles. The van der Waals surface area contributed by atoms with Gasteiger partial charge < -0.3 is 9.47 Å². The molecule has 0 saturated carbocycles. The molecule has 1 atom stereocenters. The molecule has 0 aromatic rings. The van der Waals surface area contributed by atoms with Gasteiger partial charge in [0.25, 0.3) is 0 Å². The molecule has 14 heavy (non-hydrogen) atoms. The molecular weight excluding hydrogens is 178 g/mol. The zero-order valence-corrected chi connectivity index (χ0v) is 9.27. The zero-order chi connectivity index (χ0) is 10.1. The third-order valence-corrected chi connectivity index (χ3v) is 3.64. The van der Waals surface area contributed by atoms with Gasteiger partial charge in [-0.2, -0.15) is 0 Å². The van der Waals surface area contributed by atoms with Crippen LogP contribution < -0.4 is 5.32 Å². The van der Waals surface area contributed by atoms with Crippen LogP contribution in [0.3, 0.4) is 0 Å². The number of nitrogens with one attached hydrogen (secondary N) is 1. The average Bonchev–Trinajstić information content (AvgIpc) is 2.19. The predicted molar refractivity (Wildman–Crippen MR) is 55.2 cm³/mol. The topological polar surface area (TPSA) is 30.5 Å². The van der Waals surface area contributed by atoms with Gasteiger partial charge in [-0.25, -0.2) is 0 Å². The molecule has 1 N–H and O–H groups in total. The van der Waals surface area contributed by atoms with Crippen molar-refractivity contribution in [2.24, 2.45) is 0 Å². The first-order valence-corrected chi connectivity index (χ1v) is 5.69. The van der Waals surface area contributed by atoms with Crippen molar-refractivity contribution < 1.29 is 9.47 Å². The van der Waals surface area contributed by atoms with Crippen molar-refractivity contribution in [2.45, 2.75) is 50.8 Å². The molecule has 0 aliphatic carbocycles. The van der Waals surface area contributed by atoms with Gasteiger partial charge in [0, 0.05) is 18.4 Å². The maximum atomic E-state index is 5.91. The summed E-state index contributed by atoms with van der Waals surface area (Å²) >= 11 is 0. The van der Waals surface area contributed by atoms with Gasteiger partial charge in [-0.1, -0.05) is 6.92 Å². The van der Waals surface area contributed by atoms with E-state index in [1.54, 1.807) is 0 Å². The SMILES string of the molecule is CCC1(C)CCOC2(CCOCC2)N1. The molecule has 2 fully saturated rings. The second-order valence-electron chi connectivity index (χ2n) is 4.74. The molecule has 3 heteroatoms. The number of hydrogen-bond donors (Lipinski definition) is 1. The van der Waals surface area contributed by atoms with E-state index in [2.05, 4.69) is 19.2 Å². The molecule has 0 amide bonds. The maximum absolute atomic E-state index is 5.91. The van der Waals surface area contributed by atoms with Crippen molar-refractivity contribution in [2.75, 3.05) is 19.8 Å². The smallest absolute Gasteiger partial charge is 0.124 e. The molecule has 0 bridgehead atoms. The molecule has 2 saturated heterocycles. The normalized spacial score (nSPS) is 37.3. The van der Waals surface area contributed by atoms with E-state index in [4.69, 9.17) is 9.47 Å². The van der Waals surface area contributed by atoms with E-state index in [0.717, 1.165) is 39.1 Å². The summed E-state index contributed by atoms with van der Waals surface area (Å²) < 4.78 is 11.3. The molecular formula is C11H21NO2. The Morgan fingerprint density at radius 1 is 1.14 bits per heavy atom. The molecule has 1 spiro atoms. The summed E-state index contributed by atoms with van der Waals surface area (Å²) in [6.07, 6.45) is 4.26. The van der Waals surface area contributed by atoms with Gasteiger partial charge in [-0.15, -0.1) is 0 Å². The fourth-order valence-corrected chi connectivity index (χ4v) is 2.36. The van der Waals surface area contributed by atoms with E-state index in [9.17, 15) is 0 Å². The first kappa shape index (κ1) is 10.4. The summed E-state index contributed by atoms with van der Waals surface area (Å²) in [4.78, 5) is 0. The van der Waals surface area contributed by atoms with Crippen LogP contribution in [-0.2, 0) is 9.47 Å².